The van der Waals surface area contributed by atoms with Crippen LogP contribution < -0.4 is 9.62 Å². The number of hydrogen-bond donors (Lipinski definition) is 1. The van der Waals surface area contributed by atoms with E-state index < -0.39 is 10.0 Å². The minimum absolute atomic E-state index is 0.225. The molecule has 2 aliphatic rings. The summed E-state index contributed by atoms with van der Waals surface area (Å²) in [5.41, 5.74) is 2.09. The van der Waals surface area contributed by atoms with Crippen molar-refractivity contribution >= 4 is 15.8 Å². The molecule has 2 aromatic rings. The van der Waals surface area contributed by atoms with E-state index in [4.69, 9.17) is 4.74 Å². The minimum Gasteiger partial charge on any atom is -0.378 e. The van der Waals surface area contributed by atoms with E-state index in [-0.39, 0.29) is 6.54 Å². The van der Waals surface area contributed by atoms with Crippen molar-refractivity contribution in [2.24, 2.45) is 0 Å². The van der Waals surface area contributed by atoms with Gasteiger partial charge in [0.1, 0.15) is 5.82 Å². The largest absolute Gasteiger partial charge is 0.378 e. The second-order valence-corrected chi connectivity index (χ2v) is 9.62. The fourth-order valence-corrected chi connectivity index (χ4v) is 5.14. The van der Waals surface area contributed by atoms with Crippen LogP contribution in [0.4, 0.5) is 5.82 Å². The van der Waals surface area contributed by atoms with Crippen LogP contribution in [-0.2, 0) is 21.3 Å². The van der Waals surface area contributed by atoms with Crippen molar-refractivity contribution in [3.05, 3.63) is 53.7 Å². The number of morpholine rings is 1. The van der Waals surface area contributed by atoms with E-state index in [1.807, 2.05) is 24.3 Å². The standard InChI is InChI=1S/C22H29N3O3S/c26-29(27,21-9-7-20(8-10-21)19-4-2-1-3-5-19)24-17-18-6-11-22(23-16-18)25-12-14-28-15-13-25/h6-11,16,19,24H,1-5,12-15,17H2. The van der Waals surface area contributed by atoms with Crippen LogP contribution in [0.3, 0.4) is 0 Å². The van der Waals surface area contributed by atoms with Gasteiger partial charge in [0.2, 0.25) is 10.0 Å². The van der Waals surface area contributed by atoms with Gasteiger partial charge < -0.3 is 9.64 Å². The maximum Gasteiger partial charge on any atom is 0.240 e. The maximum absolute atomic E-state index is 12.7. The Morgan fingerprint density at radius 3 is 2.38 bits per heavy atom. The molecule has 1 saturated heterocycles. The molecule has 0 amide bonds. The molecule has 0 radical (unpaired) electrons. The summed E-state index contributed by atoms with van der Waals surface area (Å²) in [6.45, 7) is 3.31. The monoisotopic (exact) mass is 415 g/mol. The number of aromatic nitrogens is 1. The first-order valence-corrected chi connectivity index (χ1v) is 12.0. The molecule has 2 heterocycles. The molecule has 1 saturated carbocycles. The minimum atomic E-state index is -3.54. The zero-order valence-electron chi connectivity index (χ0n) is 16.7. The average Bonchev–Trinajstić information content (AvgIpc) is 2.79. The summed E-state index contributed by atoms with van der Waals surface area (Å²) in [5, 5.41) is 0. The molecule has 0 atom stereocenters. The Kier molecular flexibility index (Phi) is 6.47. The lowest BCUT2D eigenvalue weighted by Crippen LogP contribution is -2.36. The Balaban J connectivity index is 1.35. The van der Waals surface area contributed by atoms with Crippen molar-refractivity contribution in [3.8, 4) is 0 Å². The van der Waals surface area contributed by atoms with Crippen LogP contribution in [0.2, 0.25) is 0 Å². The average molecular weight is 416 g/mol. The lowest BCUT2D eigenvalue weighted by Gasteiger charge is -2.27. The van der Waals surface area contributed by atoms with Crippen molar-refractivity contribution in [1.82, 2.24) is 9.71 Å². The van der Waals surface area contributed by atoms with Gasteiger partial charge in [-0.25, -0.2) is 18.1 Å². The van der Waals surface area contributed by atoms with E-state index in [0.717, 1.165) is 24.5 Å². The Morgan fingerprint density at radius 2 is 1.72 bits per heavy atom. The fraction of sp³-hybridized carbons (Fsp3) is 0.500. The Morgan fingerprint density at radius 1 is 1.00 bits per heavy atom. The summed E-state index contributed by atoms with van der Waals surface area (Å²) >= 11 is 0. The molecule has 2 fully saturated rings. The highest BCUT2D eigenvalue weighted by Crippen LogP contribution is 2.32. The van der Waals surface area contributed by atoms with Crippen molar-refractivity contribution in [2.45, 2.75) is 49.5 Å². The van der Waals surface area contributed by atoms with Gasteiger partial charge in [0.05, 0.1) is 18.1 Å². The van der Waals surface area contributed by atoms with Crippen LogP contribution in [0.25, 0.3) is 0 Å². The molecule has 7 heteroatoms. The number of sulfonamides is 1. The van der Waals surface area contributed by atoms with Gasteiger partial charge in [-0.1, -0.05) is 37.5 Å². The predicted octanol–water partition coefficient (Wildman–Crippen LogP) is 3.44. The maximum atomic E-state index is 12.7. The first kappa shape index (κ1) is 20.3. The number of nitrogens with zero attached hydrogens (tertiary/aromatic N) is 2. The lowest BCUT2D eigenvalue weighted by atomic mass is 9.84. The number of hydrogen-bond acceptors (Lipinski definition) is 5. The molecule has 1 aliphatic heterocycles. The van der Waals surface area contributed by atoms with Crippen LogP contribution in [0.1, 0.15) is 49.1 Å². The van der Waals surface area contributed by atoms with Gasteiger partial charge in [-0.3, -0.25) is 0 Å². The lowest BCUT2D eigenvalue weighted by molar-refractivity contribution is 0.122. The molecule has 0 unspecified atom stereocenters. The van der Waals surface area contributed by atoms with Crippen LogP contribution in [0.15, 0.2) is 47.5 Å². The molecule has 4 rings (SSSR count). The normalized spacial score (nSPS) is 18.7. The molecule has 0 spiro atoms. The third kappa shape index (κ3) is 5.15. The first-order valence-electron chi connectivity index (χ1n) is 10.5. The Labute approximate surface area is 173 Å². The highest BCUT2D eigenvalue weighted by Gasteiger charge is 2.18. The summed E-state index contributed by atoms with van der Waals surface area (Å²) in [4.78, 5) is 6.96. The molecule has 1 aromatic carbocycles. The number of ether oxygens (including phenoxy) is 1. The number of anilines is 1. The smallest absolute Gasteiger partial charge is 0.240 e. The van der Waals surface area contributed by atoms with Gasteiger partial charge in [-0.05, 0) is 48.1 Å². The van der Waals surface area contributed by atoms with Gasteiger partial charge in [0.15, 0.2) is 0 Å². The molecule has 156 valence electrons. The molecular formula is C22H29N3O3S. The Hall–Kier alpha value is -1.96. The second-order valence-electron chi connectivity index (χ2n) is 7.85. The van der Waals surface area contributed by atoms with Gasteiger partial charge in [0.25, 0.3) is 0 Å². The molecule has 0 bridgehead atoms. The van der Waals surface area contributed by atoms with Crippen molar-refractivity contribution in [1.29, 1.82) is 0 Å². The van der Waals surface area contributed by atoms with E-state index in [1.165, 1.54) is 37.7 Å². The van der Waals surface area contributed by atoms with E-state index in [2.05, 4.69) is 14.6 Å². The molecule has 6 nitrogen and oxygen atoms in total. The number of pyridine rings is 1. The third-order valence-electron chi connectivity index (χ3n) is 5.88. The third-order valence-corrected chi connectivity index (χ3v) is 7.29. The first-order chi connectivity index (χ1) is 14.1. The highest BCUT2D eigenvalue weighted by atomic mass is 32.2. The highest BCUT2D eigenvalue weighted by molar-refractivity contribution is 7.89. The molecule has 1 N–H and O–H groups in total. The number of benzene rings is 1. The zero-order chi connectivity index (χ0) is 20.1. The molecular weight excluding hydrogens is 386 g/mol. The van der Waals surface area contributed by atoms with Gasteiger partial charge in [-0.15, -0.1) is 0 Å². The van der Waals surface area contributed by atoms with Crippen LogP contribution >= 0.6 is 0 Å². The van der Waals surface area contributed by atoms with Gasteiger partial charge in [-0.2, -0.15) is 0 Å². The Bertz CT molecular complexity index is 886. The van der Waals surface area contributed by atoms with Gasteiger partial charge in [0, 0.05) is 25.8 Å². The van der Waals surface area contributed by atoms with E-state index in [0.29, 0.717) is 24.0 Å². The van der Waals surface area contributed by atoms with Crippen LogP contribution in [0, 0.1) is 0 Å². The van der Waals surface area contributed by atoms with E-state index >= 15 is 0 Å². The zero-order valence-corrected chi connectivity index (χ0v) is 17.5. The SMILES string of the molecule is O=S(=O)(NCc1ccc(N2CCOCC2)nc1)c1ccc(C2CCCCC2)cc1. The van der Waals surface area contributed by atoms with Crippen molar-refractivity contribution < 1.29 is 13.2 Å². The molecule has 1 aliphatic carbocycles. The van der Waals surface area contributed by atoms with Gasteiger partial charge >= 0.3 is 0 Å². The van der Waals surface area contributed by atoms with E-state index in [1.54, 1.807) is 18.3 Å². The molecule has 29 heavy (non-hydrogen) atoms. The predicted molar refractivity (Wildman–Crippen MR) is 114 cm³/mol. The second kappa shape index (κ2) is 9.24. The summed E-state index contributed by atoms with van der Waals surface area (Å²) in [5.74, 6) is 1.47. The molecule has 1 aromatic heterocycles. The summed E-state index contributed by atoms with van der Waals surface area (Å²) in [6, 6.07) is 11.3. The van der Waals surface area contributed by atoms with Crippen LogP contribution in [0.5, 0.6) is 0 Å². The van der Waals surface area contributed by atoms with Crippen molar-refractivity contribution in [2.75, 3.05) is 31.2 Å². The summed E-state index contributed by atoms with van der Waals surface area (Å²) in [7, 11) is -3.54. The van der Waals surface area contributed by atoms with Crippen molar-refractivity contribution in [3.63, 3.8) is 0 Å². The number of nitrogens with one attached hydrogen (secondary N) is 1. The van der Waals surface area contributed by atoms with E-state index in [9.17, 15) is 8.42 Å². The summed E-state index contributed by atoms with van der Waals surface area (Å²) in [6.07, 6.45) is 8.00. The summed E-state index contributed by atoms with van der Waals surface area (Å²) < 4.78 is 33.4. The van der Waals surface area contributed by atoms with Crippen LogP contribution in [-0.4, -0.2) is 39.7 Å². The topological polar surface area (TPSA) is 71.5 Å². The number of rotatable bonds is 6. The fourth-order valence-electron chi connectivity index (χ4n) is 4.12. The quantitative estimate of drug-likeness (QED) is 0.782.